The van der Waals surface area contributed by atoms with Gasteiger partial charge >= 0.3 is 0 Å². The van der Waals surface area contributed by atoms with Gasteiger partial charge in [0.15, 0.2) is 11.6 Å². The fourth-order valence-electron chi connectivity index (χ4n) is 3.87. The zero-order chi connectivity index (χ0) is 24.4. The standard InChI is InChI=1S/C24H26FN7O2/c1-14-12-29-22(28-8-9-31-13-18(25)17-6-4-5-7-20(17)31)24(34)32(14)23-19(26)10-16(15(2)30-23)11-21(33)27-3/h4-7,10,12-13H,8-9,11,26H2,1-3H3,(H,27,33)(H,28,29). The number of benzene rings is 1. The van der Waals surface area contributed by atoms with E-state index >= 15 is 0 Å². The maximum Gasteiger partial charge on any atom is 0.299 e. The molecule has 3 heterocycles. The summed E-state index contributed by atoms with van der Waals surface area (Å²) in [5.41, 5.74) is 8.73. The lowest BCUT2D eigenvalue weighted by Gasteiger charge is -2.16. The summed E-state index contributed by atoms with van der Waals surface area (Å²) in [4.78, 5) is 33.7. The molecule has 176 valence electrons. The van der Waals surface area contributed by atoms with Gasteiger partial charge in [-0.1, -0.05) is 12.1 Å². The molecule has 0 saturated heterocycles. The number of nitrogens with two attached hydrogens (primary N) is 1. The molecule has 1 aromatic carbocycles. The van der Waals surface area contributed by atoms with Gasteiger partial charge in [0, 0.05) is 49.3 Å². The molecule has 4 N–H and O–H groups in total. The molecule has 0 aliphatic heterocycles. The summed E-state index contributed by atoms with van der Waals surface area (Å²) in [6.45, 7) is 4.30. The van der Waals surface area contributed by atoms with Crippen molar-refractivity contribution in [2.24, 2.45) is 0 Å². The van der Waals surface area contributed by atoms with Crippen LogP contribution in [0.4, 0.5) is 15.9 Å². The molecule has 0 unspecified atom stereocenters. The first-order chi connectivity index (χ1) is 16.3. The Kier molecular flexibility index (Phi) is 6.31. The molecule has 0 aliphatic rings. The minimum absolute atomic E-state index is 0.135. The van der Waals surface area contributed by atoms with Crippen molar-refractivity contribution in [3.05, 3.63) is 75.8 Å². The van der Waals surface area contributed by atoms with Gasteiger partial charge in [-0.2, -0.15) is 0 Å². The van der Waals surface area contributed by atoms with Gasteiger partial charge in [-0.25, -0.2) is 14.4 Å². The van der Waals surface area contributed by atoms with E-state index < -0.39 is 5.56 Å². The van der Waals surface area contributed by atoms with Crippen LogP contribution in [-0.4, -0.2) is 38.6 Å². The third-order valence-corrected chi connectivity index (χ3v) is 5.69. The molecule has 0 fully saturated rings. The molecular formula is C24H26FN7O2. The first-order valence-corrected chi connectivity index (χ1v) is 10.8. The number of halogens is 1. The van der Waals surface area contributed by atoms with Crippen molar-refractivity contribution in [3.63, 3.8) is 0 Å². The van der Waals surface area contributed by atoms with Crippen LogP contribution in [0.25, 0.3) is 16.7 Å². The number of aryl methyl sites for hydroxylation is 2. The number of nitrogen functional groups attached to an aromatic ring is 1. The molecule has 0 spiro atoms. The van der Waals surface area contributed by atoms with Gasteiger partial charge in [-0.3, -0.25) is 14.2 Å². The predicted molar refractivity (Wildman–Crippen MR) is 130 cm³/mol. The van der Waals surface area contributed by atoms with Crippen LogP contribution in [0.1, 0.15) is 17.0 Å². The van der Waals surface area contributed by atoms with Crippen LogP contribution in [0.5, 0.6) is 0 Å². The topological polar surface area (TPSA) is 120 Å². The summed E-state index contributed by atoms with van der Waals surface area (Å²) < 4.78 is 17.3. The molecule has 0 aliphatic carbocycles. The Morgan fingerprint density at radius 2 is 2.00 bits per heavy atom. The molecular weight excluding hydrogens is 437 g/mol. The van der Waals surface area contributed by atoms with Crippen LogP contribution in [0.2, 0.25) is 0 Å². The van der Waals surface area contributed by atoms with Crippen molar-refractivity contribution >= 4 is 28.3 Å². The van der Waals surface area contributed by atoms with Crippen molar-refractivity contribution in [1.82, 2.24) is 24.4 Å². The van der Waals surface area contributed by atoms with Crippen LogP contribution in [0.15, 0.2) is 47.5 Å². The van der Waals surface area contributed by atoms with E-state index in [2.05, 4.69) is 20.6 Å². The minimum Gasteiger partial charge on any atom is -0.396 e. The summed E-state index contributed by atoms with van der Waals surface area (Å²) in [5, 5.41) is 6.17. The monoisotopic (exact) mass is 463 g/mol. The molecule has 0 saturated carbocycles. The number of anilines is 2. The van der Waals surface area contributed by atoms with Crippen LogP contribution >= 0.6 is 0 Å². The van der Waals surface area contributed by atoms with E-state index in [0.717, 1.165) is 5.52 Å². The first-order valence-electron chi connectivity index (χ1n) is 10.8. The molecule has 34 heavy (non-hydrogen) atoms. The van der Waals surface area contributed by atoms with Gasteiger partial charge in [-0.05, 0) is 37.6 Å². The second kappa shape index (κ2) is 9.34. The van der Waals surface area contributed by atoms with E-state index in [1.54, 1.807) is 49.9 Å². The van der Waals surface area contributed by atoms with E-state index in [1.165, 1.54) is 10.8 Å². The number of hydrogen-bond donors (Lipinski definition) is 3. The Labute approximate surface area is 195 Å². The van der Waals surface area contributed by atoms with Gasteiger partial charge in [0.25, 0.3) is 5.56 Å². The summed E-state index contributed by atoms with van der Waals surface area (Å²) in [5.74, 6) is -0.0280. The highest BCUT2D eigenvalue weighted by atomic mass is 19.1. The lowest BCUT2D eigenvalue weighted by atomic mass is 10.1. The Hall–Kier alpha value is -4.21. The lowest BCUT2D eigenvalue weighted by molar-refractivity contribution is -0.119. The number of hydrogen-bond acceptors (Lipinski definition) is 6. The molecule has 0 radical (unpaired) electrons. The number of aromatic nitrogens is 4. The highest BCUT2D eigenvalue weighted by Gasteiger charge is 2.16. The number of rotatable bonds is 7. The van der Waals surface area contributed by atoms with Gasteiger partial charge in [0.1, 0.15) is 5.82 Å². The molecule has 3 aromatic heterocycles. The number of nitrogens with zero attached hydrogens (tertiary/aromatic N) is 4. The highest BCUT2D eigenvalue weighted by Crippen LogP contribution is 2.21. The van der Waals surface area contributed by atoms with Gasteiger partial charge in [0.05, 0.1) is 17.6 Å². The average molecular weight is 464 g/mol. The number of para-hydroxylation sites is 1. The highest BCUT2D eigenvalue weighted by molar-refractivity contribution is 5.81. The number of nitrogens with one attached hydrogen (secondary N) is 2. The van der Waals surface area contributed by atoms with Crippen molar-refractivity contribution in [1.29, 1.82) is 0 Å². The molecule has 9 nitrogen and oxygen atoms in total. The normalized spacial score (nSPS) is 11.1. The van der Waals surface area contributed by atoms with Gasteiger partial charge in [-0.15, -0.1) is 0 Å². The van der Waals surface area contributed by atoms with E-state index in [4.69, 9.17) is 5.73 Å². The van der Waals surface area contributed by atoms with E-state index in [0.29, 0.717) is 35.4 Å². The largest absolute Gasteiger partial charge is 0.396 e. The number of carbonyl (C=O) groups is 1. The van der Waals surface area contributed by atoms with Crippen molar-refractivity contribution in [2.75, 3.05) is 24.6 Å². The fourth-order valence-corrected chi connectivity index (χ4v) is 3.87. The van der Waals surface area contributed by atoms with Crippen molar-refractivity contribution in [2.45, 2.75) is 26.8 Å². The summed E-state index contributed by atoms with van der Waals surface area (Å²) in [6.07, 6.45) is 3.15. The van der Waals surface area contributed by atoms with E-state index in [9.17, 15) is 14.0 Å². The SMILES string of the molecule is CNC(=O)Cc1cc(N)c(-n2c(C)cnc(NCCn3cc(F)c4ccccc43)c2=O)nc1C. The first kappa shape index (κ1) is 23.0. The number of pyridine rings is 1. The molecule has 10 heteroatoms. The Morgan fingerprint density at radius 1 is 1.24 bits per heavy atom. The molecule has 4 aromatic rings. The number of likely N-dealkylation sites (N-methyl/N-ethyl adjacent to an activating group) is 1. The second-order valence-electron chi connectivity index (χ2n) is 8.00. The maximum absolute atomic E-state index is 14.1. The third-order valence-electron chi connectivity index (χ3n) is 5.69. The second-order valence-corrected chi connectivity index (χ2v) is 8.00. The summed E-state index contributed by atoms with van der Waals surface area (Å²) >= 11 is 0. The molecule has 1 amide bonds. The zero-order valence-corrected chi connectivity index (χ0v) is 19.2. The van der Waals surface area contributed by atoms with Crippen LogP contribution in [-0.2, 0) is 17.8 Å². The number of carbonyl (C=O) groups excluding carboxylic acids is 1. The maximum atomic E-state index is 14.1. The number of amides is 1. The van der Waals surface area contributed by atoms with Gasteiger partial charge in [0.2, 0.25) is 5.91 Å². The average Bonchev–Trinajstić information content (AvgIpc) is 3.14. The van der Waals surface area contributed by atoms with Gasteiger partial charge < -0.3 is 20.9 Å². The Bertz CT molecular complexity index is 1440. The Morgan fingerprint density at radius 3 is 2.76 bits per heavy atom. The fraction of sp³-hybridized carbons (Fsp3) is 0.250. The quantitative estimate of drug-likeness (QED) is 0.387. The summed E-state index contributed by atoms with van der Waals surface area (Å²) in [7, 11) is 1.56. The van der Waals surface area contributed by atoms with E-state index in [-0.39, 0.29) is 35.5 Å². The minimum atomic E-state index is -0.402. The van der Waals surface area contributed by atoms with Crippen LogP contribution in [0, 0.1) is 19.7 Å². The smallest absolute Gasteiger partial charge is 0.299 e. The summed E-state index contributed by atoms with van der Waals surface area (Å²) in [6, 6.07) is 8.89. The third kappa shape index (κ3) is 4.34. The molecule has 0 atom stereocenters. The van der Waals surface area contributed by atoms with E-state index in [1.807, 2.05) is 12.1 Å². The zero-order valence-electron chi connectivity index (χ0n) is 19.2. The number of fused-ring (bicyclic) bond motifs is 1. The molecule has 0 bridgehead atoms. The van der Waals surface area contributed by atoms with Crippen LogP contribution in [0.3, 0.4) is 0 Å². The Balaban J connectivity index is 1.59. The molecule has 4 rings (SSSR count). The van der Waals surface area contributed by atoms with Crippen molar-refractivity contribution in [3.8, 4) is 5.82 Å². The van der Waals surface area contributed by atoms with Crippen LogP contribution < -0.4 is 21.9 Å². The predicted octanol–water partition coefficient (Wildman–Crippen LogP) is 2.32. The van der Waals surface area contributed by atoms with Crippen molar-refractivity contribution < 1.29 is 9.18 Å². The lowest BCUT2D eigenvalue weighted by Crippen LogP contribution is -2.28.